The molecule has 702 valence electrons. The van der Waals surface area contributed by atoms with Gasteiger partial charge in [0.05, 0.1) is 114 Å². The third-order valence-corrected chi connectivity index (χ3v) is 25.0. The minimum Gasteiger partial charge on any atom is -0.460 e. The number of aromatic nitrogens is 8. The van der Waals surface area contributed by atoms with Crippen LogP contribution in [0.1, 0.15) is 176 Å². The molecule has 1 aliphatic carbocycles. The molecule has 3 fully saturated rings. The van der Waals surface area contributed by atoms with E-state index < -0.39 is 83.7 Å². The molecule has 5 aromatic rings. The number of anilines is 2. The second kappa shape index (κ2) is 50.7. The number of nitrogen functional groups attached to an aromatic ring is 2. The quantitative estimate of drug-likeness (QED) is 0.0124. The number of nitrogens with two attached hydrogens (primary N) is 2. The molecule has 0 spiro atoms. The Kier molecular flexibility index (Phi) is 40.6. The number of aliphatic hydroxyl groups excluding tert-OH is 1. The van der Waals surface area contributed by atoms with Crippen LogP contribution < -0.4 is 11.5 Å². The van der Waals surface area contributed by atoms with Crippen LogP contribution in [-0.2, 0) is 98.7 Å². The average Bonchev–Trinajstić information content (AvgIpc) is 1.66. The molecule has 3 aliphatic heterocycles. The molecule has 9 rings (SSSR count). The Morgan fingerprint density at radius 2 is 1.39 bits per heavy atom. The molecule has 1 saturated carbocycles. The summed E-state index contributed by atoms with van der Waals surface area (Å²) in [6.07, 6.45) is 18.0. The van der Waals surface area contributed by atoms with Crippen LogP contribution in [0.15, 0.2) is 82.7 Å². The molecule has 4 aliphatic rings. The van der Waals surface area contributed by atoms with E-state index in [9.17, 15) is 48.6 Å². The number of allylic oxidation sites excluding steroid dienone is 6. The lowest BCUT2D eigenvalue weighted by Gasteiger charge is -2.42. The van der Waals surface area contributed by atoms with E-state index in [1.54, 1.807) is 87.7 Å². The van der Waals surface area contributed by atoms with Gasteiger partial charge >= 0.3 is 5.97 Å². The first-order chi connectivity index (χ1) is 60.9. The lowest BCUT2D eigenvalue weighted by atomic mass is 9.77. The van der Waals surface area contributed by atoms with E-state index in [2.05, 4.69) is 25.3 Å². The van der Waals surface area contributed by atoms with Gasteiger partial charge in [0.2, 0.25) is 23.5 Å². The van der Waals surface area contributed by atoms with Gasteiger partial charge in [-0.3, -0.25) is 33.6 Å². The van der Waals surface area contributed by atoms with E-state index in [1.165, 1.54) is 18.3 Å². The largest absolute Gasteiger partial charge is 0.460 e. The number of aryl methyl sites for hydroxylation is 2. The van der Waals surface area contributed by atoms with Gasteiger partial charge in [-0.05, 0) is 151 Å². The number of rotatable bonds is 38. The number of nitrogens with zero attached hydrogens (tertiary/aromatic N) is 12. The van der Waals surface area contributed by atoms with Gasteiger partial charge in [-0.15, -0.1) is 5.10 Å². The van der Waals surface area contributed by atoms with Crippen molar-refractivity contribution in [3.05, 3.63) is 84.0 Å². The number of methoxy groups -OCH3 is 3. The van der Waals surface area contributed by atoms with E-state index in [-0.39, 0.29) is 111 Å². The van der Waals surface area contributed by atoms with Crippen LogP contribution in [0.25, 0.3) is 33.4 Å². The topological polar surface area (TPSA) is 435 Å². The van der Waals surface area contributed by atoms with Crippen LogP contribution in [-0.4, -0.2) is 300 Å². The van der Waals surface area contributed by atoms with Gasteiger partial charge in [0.15, 0.2) is 17.0 Å². The zero-order valence-corrected chi connectivity index (χ0v) is 76.6. The Labute approximate surface area is 745 Å². The summed E-state index contributed by atoms with van der Waals surface area (Å²) >= 11 is 0. The Balaban J connectivity index is 0.638. The van der Waals surface area contributed by atoms with Crippen LogP contribution in [0, 0.1) is 35.5 Å². The molecule has 0 unspecified atom stereocenters. The number of fused-ring (bicyclic) bond motifs is 5. The van der Waals surface area contributed by atoms with Gasteiger partial charge in [-0.25, -0.2) is 24.1 Å². The van der Waals surface area contributed by atoms with E-state index in [1.807, 2.05) is 81.1 Å². The van der Waals surface area contributed by atoms with Crippen LogP contribution in [0.3, 0.4) is 0 Å². The zero-order chi connectivity index (χ0) is 91.9. The van der Waals surface area contributed by atoms with Crippen LogP contribution in [0.4, 0.5) is 11.8 Å². The van der Waals surface area contributed by atoms with Crippen molar-refractivity contribution in [2.75, 3.05) is 146 Å². The molecule has 4 amide bonds. The summed E-state index contributed by atoms with van der Waals surface area (Å²) in [4.78, 5) is 130. The minimum absolute atomic E-state index is 0.0164. The highest BCUT2D eigenvalue weighted by Gasteiger charge is 2.53. The average molecular weight is 1780 g/mol. The van der Waals surface area contributed by atoms with E-state index in [0.717, 1.165) is 36.1 Å². The maximum atomic E-state index is 14.8. The second-order valence-electron chi connectivity index (χ2n) is 34.6. The fourth-order valence-corrected chi connectivity index (χ4v) is 17.1. The maximum Gasteiger partial charge on any atom is 0.329 e. The summed E-state index contributed by atoms with van der Waals surface area (Å²) in [5, 5.41) is 38.4. The van der Waals surface area contributed by atoms with Crippen molar-refractivity contribution in [1.82, 2.24) is 59.3 Å². The number of likely N-dealkylation sites (N-methyl/N-ethyl adjacent to an activating group) is 2. The zero-order valence-electron chi connectivity index (χ0n) is 76.6. The lowest BCUT2D eigenvalue weighted by molar-refractivity contribution is -0.265. The Hall–Kier alpha value is -9.14. The highest BCUT2D eigenvalue weighted by Crippen LogP contribution is 2.41. The normalized spacial score (nSPS) is 26.4. The van der Waals surface area contributed by atoms with Gasteiger partial charge < -0.3 is 93.1 Å². The first kappa shape index (κ1) is 102. The number of piperidine rings is 1. The Bertz CT molecular complexity index is 4530. The first-order valence-corrected chi connectivity index (χ1v) is 45.1. The highest BCUT2D eigenvalue weighted by atomic mass is 16.6. The van der Waals surface area contributed by atoms with Crippen LogP contribution >= 0.6 is 0 Å². The molecule has 0 radical (unpaired) electrons. The molecule has 4 aromatic heterocycles. The lowest BCUT2D eigenvalue weighted by Crippen LogP contribution is -2.61. The second-order valence-corrected chi connectivity index (χ2v) is 34.6. The SMILES string of the molecule is CO[C@H]1C[C@@H]2CC[C@@H](C)[C@@](O)(O2)C(=O)C(=O)N2CCCC[C@H]2C(=O)O[C@H]([C@H](C)C[C@@H]2CC[C@H](n3cc(CCCC(=O)N(C)CCOCCOCCOCCC(=O)N(C)CCOCCOCCC(=O)N(C)CCCCn4nc(-c5ccc6oc(N)nc6c5)c5c(N)ncnc54)nn3)[C@H](OC)C2)CC(=O)[C@H](C)/C=C(\C)[C@@H](O)[C@@H](OC)C(=O)[C@H](C)C[C@H](C)/C=C/C=C/C=C/1C. The molecule has 127 heavy (non-hydrogen) atoms. The van der Waals surface area contributed by atoms with Gasteiger partial charge in [0.25, 0.3) is 17.7 Å². The molecule has 35 nitrogen and oxygen atoms in total. The van der Waals surface area contributed by atoms with Gasteiger partial charge in [-0.1, -0.05) is 76.3 Å². The number of cyclic esters (lactones) is 1. The molecular formula is C92H138N14O21. The van der Waals surface area contributed by atoms with Crippen LogP contribution in [0.5, 0.6) is 0 Å². The third kappa shape index (κ3) is 29.4. The summed E-state index contributed by atoms with van der Waals surface area (Å²) in [7, 11) is 9.83. The van der Waals surface area contributed by atoms with Crippen molar-refractivity contribution >= 4 is 80.9 Å². The third-order valence-electron chi connectivity index (χ3n) is 25.0. The van der Waals surface area contributed by atoms with Crippen molar-refractivity contribution in [3.8, 4) is 11.3 Å². The van der Waals surface area contributed by atoms with Crippen molar-refractivity contribution in [3.63, 3.8) is 0 Å². The molecule has 2 saturated heterocycles. The predicted octanol–water partition coefficient (Wildman–Crippen LogP) is 8.81. The smallest absolute Gasteiger partial charge is 0.329 e. The molecule has 7 heterocycles. The van der Waals surface area contributed by atoms with E-state index >= 15 is 0 Å². The summed E-state index contributed by atoms with van der Waals surface area (Å²) in [6.45, 7) is 17.7. The number of hydrogen-bond donors (Lipinski definition) is 4. The molecule has 35 heteroatoms. The number of carbonyl (C=O) groups is 8. The van der Waals surface area contributed by atoms with Crippen molar-refractivity contribution in [1.29, 1.82) is 0 Å². The van der Waals surface area contributed by atoms with Gasteiger partial charge in [0, 0.05) is 124 Å². The number of oxazole rings is 1. The summed E-state index contributed by atoms with van der Waals surface area (Å²) in [5.74, 6) is -8.28. The number of ether oxygens (including phenoxy) is 10. The Morgan fingerprint density at radius 3 is 2.07 bits per heavy atom. The monoisotopic (exact) mass is 1780 g/mol. The number of esters is 1. The molecule has 15 atom stereocenters. The van der Waals surface area contributed by atoms with Gasteiger partial charge in [-0.2, -0.15) is 10.1 Å². The predicted molar refractivity (Wildman–Crippen MR) is 474 cm³/mol. The van der Waals surface area contributed by atoms with Gasteiger partial charge in [0.1, 0.15) is 53.5 Å². The number of benzene rings is 1. The number of ketones is 3. The summed E-state index contributed by atoms with van der Waals surface area (Å²) in [6, 6.07) is 4.21. The standard InChI is InChI=1S/C92H138N14O21/c1-59-22-15-14-16-23-60(2)75(117-11)55-69-30-27-65(7)92(116,127-69)86(113)89(114)104-36-18-17-25-72(104)90(115)125-76(56-73(107)61(3)51-64(6)84(112)85(119-13)83(111)63(5)50-59)62(4)52-66-28-31-71(77(53-66)118-12)106-57-68(98-100-106)24-21-26-78(108)102(9)38-42-123-47-49-124-48-45-121-41-34-80(110)103(10)39-43-122-46-44-120-40-33-79(109)101(8)35-19-20-37-105-88-81(87(93)95-58-96-88)82(99-105)67-29-32-74-70(54-67)97-91(94)126-74/h14-16,22-23,29,32,51,54,57-59,61-63,65-66,69,71-72,75-77,84-85,112,116H,17-21,24-28,30-31,33-50,52-53,55-56H2,1-13H3,(H2,94,97)(H2,93,95,96)/b16-14+,22-15+,60-23+,64-51+/t59-,61-,62-,63-,65-,66+,69+,71+,72+,75+,76+,77-,84-,85+,92-/m1/s1. The minimum atomic E-state index is -2.48. The summed E-state index contributed by atoms with van der Waals surface area (Å²) in [5.41, 5.74) is 17.2. The highest BCUT2D eigenvalue weighted by molar-refractivity contribution is 6.39. The van der Waals surface area contributed by atoms with Crippen LogP contribution in [0.2, 0.25) is 0 Å². The fourth-order valence-electron chi connectivity index (χ4n) is 17.1. The number of aliphatic hydroxyl groups is 2. The molecule has 6 N–H and O–H groups in total. The van der Waals surface area contributed by atoms with Crippen molar-refractivity contribution in [2.45, 2.75) is 232 Å². The Morgan fingerprint density at radius 1 is 0.724 bits per heavy atom. The van der Waals surface area contributed by atoms with E-state index in [4.69, 9.17) is 68.4 Å². The summed E-state index contributed by atoms with van der Waals surface area (Å²) < 4.78 is 67.8. The fraction of sp³-hybridized carbons (Fsp3) is 0.674. The van der Waals surface area contributed by atoms with Crippen molar-refractivity contribution in [2.24, 2.45) is 35.5 Å². The van der Waals surface area contributed by atoms with Crippen molar-refractivity contribution < 1.29 is 100 Å². The number of unbranched alkanes of at least 4 members (excludes halogenated alkanes) is 1. The number of carbonyl (C=O) groups excluding carboxylic acids is 8. The number of Topliss-reactive ketones (excluding diaryl/α,β-unsaturated/α-hetero) is 3. The molecule has 1 aromatic carbocycles. The van der Waals surface area contributed by atoms with E-state index in [0.29, 0.717) is 189 Å². The maximum absolute atomic E-state index is 14.8. The molecule has 2 bridgehead atoms. The molecular weight excluding hydrogens is 1640 g/mol. The number of hydrogen-bond acceptors (Lipinski definition) is 29. The number of amides is 4. The first-order valence-electron chi connectivity index (χ1n) is 45.1.